The SMILES string of the molecule is COc1cc(C(=O)NC(CO)C(=O)O)ccc1O. The standard InChI is InChI=1S/C11H13NO6/c1-18-9-4-6(2-3-8(9)14)10(15)12-7(5-13)11(16)17/h2-4,7,13-14H,5H2,1H3,(H,12,15)(H,16,17). The number of ether oxygens (including phenoxy) is 1. The average molecular weight is 255 g/mol. The highest BCUT2D eigenvalue weighted by atomic mass is 16.5. The number of nitrogens with one attached hydrogen (secondary N) is 1. The van der Waals surface area contributed by atoms with Crippen molar-refractivity contribution < 1.29 is 29.6 Å². The number of carbonyl (C=O) groups is 2. The molecule has 1 amide bonds. The molecule has 7 nitrogen and oxygen atoms in total. The van der Waals surface area contributed by atoms with Crippen LogP contribution in [-0.4, -0.2) is 47.0 Å². The Kier molecular flexibility index (Phi) is 4.50. The van der Waals surface area contributed by atoms with Gasteiger partial charge in [-0.05, 0) is 18.2 Å². The third-order valence-corrected chi connectivity index (χ3v) is 2.23. The van der Waals surface area contributed by atoms with Gasteiger partial charge in [0.1, 0.15) is 0 Å². The predicted octanol–water partition coefficient (Wildman–Crippen LogP) is -0.424. The van der Waals surface area contributed by atoms with Gasteiger partial charge < -0.3 is 25.4 Å². The van der Waals surface area contributed by atoms with Crippen molar-refractivity contribution in [3.05, 3.63) is 23.8 Å². The second-order valence-corrected chi connectivity index (χ2v) is 3.43. The molecule has 0 aliphatic rings. The van der Waals surface area contributed by atoms with Gasteiger partial charge in [-0.25, -0.2) is 4.79 Å². The Balaban J connectivity index is 2.87. The van der Waals surface area contributed by atoms with Crippen LogP contribution in [0.5, 0.6) is 11.5 Å². The van der Waals surface area contributed by atoms with Crippen molar-refractivity contribution >= 4 is 11.9 Å². The highest BCUT2D eigenvalue weighted by Gasteiger charge is 2.20. The Morgan fingerprint density at radius 3 is 2.61 bits per heavy atom. The lowest BCUT2D eigenvalue weighted by Gasteiger charge is -2.12. The van der Waals surface area contributed by atoms with Crippen molar-refractivity contribution in [2.45, 2.75) is 6.04 Å². The van der Waals surface area contributed by atoms with Crippen LogP contribution >= 0.6 is 0 Å². The molecule has 1 unspecified atom stereocenters. The van der Waals surface area contributed by atoms with Gasteiger partial charge in [-0.1, -0.05) is 0 Å². The number of rotatable bonds is 5. The van der Waals surface area contributed by atoms with Crippen LogP contribution in [0, 0.1) is 0 Å². The van der Waals surface area contributed by atoms with Gasteiger partial charge in [-0.2, -0.15) is 0 Å². The number of carboxylic acids is 1. The molecule has 1 rings (SSSR count). The van der Waals surface area contributed by atoms with E-state index >= 15 is 0 Å². The van der Waals surface area contributed by atoms with E-state index in [0.29, 0.717) is 0 Å². The molecule has 0 saturated heterocycles. The number of benzene rings is 1. The quantitative estimate of drug-likeness (QED) is 0.567. The summed E-state index contributed by atoms with van der Waals surface area (Å²) in [6.45, 7) is -0.712. The van der Waals surface area contributed by atoms with Crippen LogP contribution in [0.25, 0.3) is 0 Å². The number of carboxylic acid groups (broad SMARTS) is 1. The van der Waals surface area contributed by atoms with Crippen molar-refractivity contribution in [3.63, 3.8) is 0 Å². The second kappa shape index (κ2) is 5.87. The van der Waals surface area contributed by atoms with Crippen LogP contribution in [0.3, 0.4) is 0 Å². The van der Waals surface area contributed by atoms with E-state index in [4.69, 9.17) is 14.9 Å². The van der Waals surface area contributed by atoms with E-state index in [-0.39, 0.29) is 17.1 Å². The average Bonchev–Trinajstić information content (AvgIpc) is 2.35. The number of methoxy groups -OCH3 is 1. The van der Waals surface area contributed by atoms with Gasteiger partial charge in [0.25, 0.3) is 5.91 Å². The maximum atomic E-state index is 11.7. The molecular weight excluding hydrogens is 242 g/mol. The Bertz CT molecular complexity index is 459. The number of aliphatic carboxylic acids is 1. The first-order valence-corrected chi connectivity index (χ1v) is 5.01. The molecule has 0 aliphatic heterocycles. The minimum atomic E-state index is -1.38. The van der Waals surface area contributed by atoms with Crippen molar-refractivity contribution in [1.82, 2.24) is 5.32 Å². The van der Waals surface area contributed by atoms with Gasteiger partial charge in [-0.3, -0.25) is 4.79 Å². The molecule has 0 bridgehead atoms. The molecule has 1 aromatic carbocycles. The van der Waals surface area contributed by atoms with E-state index in [1.165, 1.54) is 25.3 Å². The minimum absolute atomic E-state index is 0.0959. The van der Waals surface area contributed by atoms with Crippen LogP contribution in [0.4, 0.5) is 0 Å². The van der Waals surface area contributed by atoms with Crippen molar-refractivity contribution in [1.29, 1.82) is 0 Å². The summed E-state index contributed by atoms with van der Waals surface area (Å²) in [5.74, 6) is -2.06. The van der Waals surface area contributed by atoms with E-state index < -0.39 is 24.5 Å². The Labute approximate surface area is 103 Å². The fourth-order valence-electron chi connectivity index (χ4n) is 1.25. The van der Waals surface area contributed by atoms with Crippen LogP contribution < -0.4 is 10.1 Å². The largest absolute Gasteiger partial charge is 0.504 e. The highest BCUT2D eigenvalue weighted by molar-refractivity contribution is 5.97. The zero-order valence-electron chi connectivity index (χ0n) is 9.58. The van der Waals surface area contributed by atoms with Crippen molar-refractivity contribution in [2.75, 3.05) is 13.7 Å². The number of carbonyl (C=O) groups excluding carboxylic acids is 1. The van der Waals surface area contributed by atoms with Gasteiger partial charge in [0.15, 0.2) is 17.5 Å². The number of phenols is 1. The van der Waals surface area contributed by atoms with Gasteiger partial charge >= 0.3 is 5.97 Å². The summed E-state index contributed by atoms with van der Waals surface area (Å²) in [6, 6.07) is 2.45. The first kappa shape index (κ1) is 13.8. The third-order valence-electron chi connectivity index (χ3n) is 2.23. The minimum Gasteiger partial charge on any atom is -0.504 e. The normalized spacial score (nSPS) is 11.7. The van der Waals surface area contributed by atoms with Crippen LogP contribution in [-0.2, 0) is 4.79 Å². The molecule has 0 spiro atoms. The van der Waals surface area contributed by atoms with Gasteiger partial charge in [0, 0.05) is 5.56 Å². The predicted molar refractivity (Wildman–Crippen MR) is 60.6 cm³/mol. The summed E-state index contributed by atoms with van der Waals surface area (Å²) in [5, 5.41) is 28.9. The maximum Gasteiger partial charge on any atom is 0.328 e. The molecule has 0 fully saturated rings. The third kappa shape index (κ3) is 3.11. The van der Waals surface area contributed by atoms with Gasteiger partial charge in [0.05, 0.1) is 13.7 Å². The van der Waals surface area contributed by atoms with Crippen molar-refractivity contribution in [3.8, 4) is 11.5 Å². The van der Waals surface area contributed by atoms with Crippen LogP contribution in [0.15, 0.2) is 18.2 Å². The fourth-order valence-corrected chi connectivity index (χ4v) is 1.25. The molecule has 0 heterocycles. The Morgan fingerprint density at radius 2 is 2.11 bits per heavy atom. The highest BCUT2D eigenvalue weighted by Crippen LogP contribution is 2.26. The summed E-state index contributed by atoms with van der Waals surface area (Å²) in [7, 11) is 1.32. The molecule has 0 radical (unpaired) electrons. The number of phenolic OH excluding ortho intramolecular Hbond substituents is 1. The molecular formula is C11H13NO6. The number of aliphatic hydroxyl groups is 1. The molecule has 0 saturated carbocycles. The van der Waals surface area contributed by atoms with Gasteiger partial charge in [0.2, 0.25) is 0 Å². The van der Waals surface area contributed by atoms with E-state index in [1.807, 2.05) is 0 Å². The van der Waals surface area contributed by atoms with Gasteiger partial charge in [-0.15, -0.1) is 0 Å². The number of hydrogen-bond acceptors (Lipinski definition) is 5. The number of hydrogen-bond donors (Lipinski definition) is 4. The Hall–Kier alpha value is -2.28. The zero-order chi connectivity index (χ0) is 13.7. The molecule has 18 heavy (non-hydrogen) atoms. The lowest BCUT2D eigenvalue weighted by Crippen LogP contribution is -2.43. The molecule has 0 aliphatic carbocycles. The topological polar surface area (TPSA) is 116 Å². The molecule has 0 aromatic heterocycles. The summed E-state index contributed by atoms with van der Waals surface area (Å²) < 4.78 is 4.82. The van der Waals surface area contributed by atoms with E-state index in [0.717, 1.165) is 0 Å². The smallest absolute Gasteiger partial charge is 0.328 e. The van der Waals surface area contributed by atoms with E-state index in [9.17, 15) is 14.7 Å². The fraction of sp³-hybridized carbons (Fsp3) is 0.273. The Morgan fingerprint density at radius 1 is 1.44 bits per heavy atom. The van der Waals surface area contributed by atoms with Crippen LogP contribution in [0.1, 0.15) is 10.4 Å². The molecule has 4 N–H and O–H groups in total. The first-order chi connectivity index (χ1) is 8.49. The molecule has 7 heteroatoms. The summed E-state index contributed by atoms with van der Waals surface area (Å²) in [6.07, 6.45) is 0. The maximum absolute atomic E-state index is 11.7. The molecule has 98 valence electrons. The number of aromatic hydroxyl groups is 1. The molecule has 1 aromatic rings. The van der Waals surface area contributed by atoms with E-state index in [1.54, 1.807) is 0 Å². The monoisotopic (exact) mass is 255 g/mol. The second-order valence-electron chi connectivity index (χ2n) is 3.43. The first-order valence-electron chi connectivity index (χ1n) is 5.01. The molecule has 1 atom stereocenters. The van der Waals surface area contributed by atoms with Crippen molar-refractivity contribution in [2.24, 2.45) is 0 Å². The summed E-state index contributed by atoms with van der Waals surface area (Å²) >= 11 is 0. The lowest BCUT2D eigenvalue weighted by molar-refractivity contribution is -0.140. The number of aliphatic hydroxyl groups excluding tert-OH is 1. The lowest BCUT2D eigenvalue weighted by atomic mass is 10.1. The summed E-state index contributed by atoms with van der Waals surface area (Å²) in [4.78, 5) is 22.3. The van der Waals surface area contributed by atoms with E-state index in [2.05, 4.69) is 5.32 Å². The zero-order valence-corrected chi connectivity index (χ0v) is 9.58. The summed E-state index contributed by atoms with van der Waals surface area (Å²) in [5.41, 5.74) is 0.115. The van der Waals surface area contributed by atoms with Crippen LogP contribution in [0.2, 0.25) is 0 Å². The number of amides is 1.